The van der Waals surface area contributed by atoms with E-state index in [1.807, 2.05) is 19.3 Å². The zero-order valence-electron chi connectivity index (χ0n) is 16.3. The Kier molecular flexibility index (Phi) is 4.68. The van der Waals surface area contributed by atoms with Gasteiger partial charge in [0, 0.05) is 31.4 Å². The number of benzene rings is 1. The monoisotopic (exact) mass is 381 g/mol. The summed E-state index contributed by atoms with van der Waals surface area (Å²) in [4.78, 5) is 11.7. The molecule has 0 spiro atoms. The van der Waals surface area contributed by atoms with Crippen molar-refractivity contribution in [1.29, 1.82) is 0 Å². The number of fused-ring (bicyclic) bond motifs is 1. The molecular formula is C21H27N5O2. The molecular weight excluding hydrogens is 354 g/mol. The second-order valence-corrected chi connectivity index (χ2v) is 7.90. The molecule has 1 aromatic heterocycles. The number of nitrogens with one attached hydrogen (secondary N) is 2. The molecule has 5 rings (SSSR count). The minimum absolute atomic E-state index is 0.329. The number of nitrogens with zero attached hydrogens (tertiary/aromatic N) is 3. The Morgan fingerprint density at radius 3 is 2.71 bits per heavy atom. The molecule has 3 heterocycles. The number of ether oxygens (including phenoxy) is 2. The average molecular weight is 381 g/mol. The van der Waals surface area contributed by atoms with Crippen LogP contribution in [0.2, 0.25) is 0 Å². The molecule has 0 unspecified atom stereocenters. The van der Waals surface area contributed by atoms with Crippen molar-refractivity contribution >= 4 is 11.8 Å². The van der Waals surface area contributed by atoms with E-state index in [9.17, 15) is 0 Å². The van der Waals surface area contributed by atoms with Gasteiger partial charge >= 0.3 is 0 Å². The fourth-order valence-electron chi connectivity index (χ4n) is 4.05. The van der Waals surface area contributed by atoms with Gasteiger partial charge < -0.3 is 20.1 Å². The van der Waals surface area contributed by atoms with Gasteiger partial charge in [0.15, 0.2) is 11.5 Å². The molecule has 2 aliphatic heterocycles. The SMILES string of the molecule is CNc1ncc(C2CCN(Cc3ccc4c(c3)OCO4)CC2)c(NC2CC2)n1. The van der Waals surface area contributed by atoms with E-state index in [-0.39, 0.29) is 0 Å². The van der Waals surface area contributed by atoms with Gasteiger partial charge in [-0.25, -0.2) is 4.98 Å². The molecule has 2 aromatic rings. The maximum Gasteiger partial charge on any atom is 0.231 e. The molecule has 1 saturated carbocycles. The quantitative estimate of drug-likeness (QED) is 0.796. The van der Waals surface area contributed by atoms with Crippen LogP contribution in [0.3, 0.4) is 0 Å². The van der Waals surface area contributed by atoms with Crippen LogP contribution in [0.4, 0.5) is 11.8 Å². The summed E-state index contributed by atoms with van der Waals surface area (Å²) in [5.74, 6) is 3.94. The van der Waals surface area contributed by atoms with E-state index in [0.29, 0.717) is 24.7 Å². The van der Waals surface area contributed by atoms with Crippen LogP contribution in [0.1, 0.15) is 42.7 Å². The van der Waals surface area contributed by atoms with E-state index in [1.54, 1.807) is 0 Å². The number of aromatic nitrogens is 2. The molecule has 3 aliphatic rings. The fourth-order valence-corrected chi connectivity index (χ4v) is 4.05. The third-order valence-electron chi connectivity index (χ3n) is 5.83. The van der Waals surface area contributed by atoms with Crippen LogP contribution in [0.25, 0.3) is 0 Å². The minimum atomic E-state index is 0.329. The van der Waals surface area contributed by atoms with Crippen molar-refractivity contribution in [3.63, 3.8) is 0 Å². The van der Waals surface area contributed by atoms with Gasteiger partial charge in [-0.2, -0.15) is 4.98 Å². The van der Waals surface area contributed by atoms with Crippen LogP contribution in [0.15, 0.2) is 24.4 Å². The molecule has 1 aliphatic carbocycles. The number of rotatable bonds is 6. The number of anilines is 2. The first kappa shape index (κ1) is 17.6. The first-order valence-corrected chi connectivity index (χ1v) is 10.2. The first-order chi connectivity index (χ1) is 13.8. The molecule has 7 heteroatoms. The highest BCUT2D eigenvalue weighted by atomic mass is 16.7. The van der Waals surface area contributed by atoms with E-state index in [0.717, 1.165) is 49.8 Å². The fraction of sp³-hybridized carbons (Fsp3) is 0.524. The van der Waals surface area contributed by atoms with Crippen LogP contribution in [0, 0.1) is 0 Å². The van der Waals surface area contributed by atoms with E-state index in [4.69, 9.17) is 14.5 Å². The maximum atomic E-state index is 5.51. The van der Waals surface area contributed by atoms with E-state index < -0.39 is 0 Å². The lowest BCUT2D eigenvalue weighted by molar-refractivity contribution is 0.173. The third-order valence-corrected chi connectivity index (χ3v) is 5.83. The van der Waals surface area contributed by atoms with E-state index >= 15 is 0 Å². The lowest BCUT2D eigenvalue weighted by atomic mass is 9.90. The van der Waals surface area contributed by atoms with Crippen molar-refractivity contribution in [2.24, 2.45) is 0 Å². The predicted octanol–water partition coefficient (Wildman–Crippen LogP) is 3.20. The molecule has 0 radical (unpaired) electrons. The van der Waals surface area contributed by atoms with Crippen molar-refractivity contribution in [3.05, 3.63) is 35.5 Å². The zero-order valence-corrected chi connectivity index (χ0v) is 16.3. The lowest BCUT2D eigenvalue weighted by Crippen LogP contribution is -2.32. The summed E-state index contributed by atoms with van der Waals surface area (Å²) in [6.07, 6.45) is 6.76. The largest absolute Gasteiger partial charge is 0.454 e. The normalized spacial score (nSPS) is 19.6. The Morgan fingerprint density at radius 1 is 1.11 bits per heavy atom. The van der Waals surface area contributed by atoms with Gasteiger partial charge in [-0.05, 0) is 62.4 Å². The second kappa shape index (κ2) is 7.47. The van der Waals surface area contributed by atoms with Gasteiger partial charge in [0.25, 0.3) is 0 Å². The van der Waals surface area contributed by atoms with Gasteiger partial charge in [0.05, 0.1) is 0 Å². The Morgan fingerprint density at radius 2 is 1.93 bits per heavy atom. The standard InChI is InChI=1S/C21H27N5O2/c1-22-21-23-11-17(20(25-21)24-16-3-4-16)15-6-8-26(9-7-15)12-14-2-5-18-19(10-14)28-13-27-18/h2,5,10-11,15-16H,3-4,6-9,12-13H2,1H3,(H2,22,23,24,25). The van der Waals surface area contributed by atoms with Crippen LogP contribution in [-0.2, 0) is 6.54 Å². The van der Waals surface area contributed by atoms with Gasteiger partial charge in [-0.3, -0.25) is 4.90 Å². The molecule has 0 atom stereocenters. The topological polar surface area (TPSA) is 71.5 Å². The number of likely N-dealkylation sites (tertiary alicyclic amines) is 1. The highest BCUT2D eigenvalue weighted by Gasteiger charge is 2.28. The van der Waals surface area contributed by atoms with E-state index in [2.05, 4.69) is 32.7 Å². The second-order valence-electron chi connectivity index (χ2n) is 7.90. The summed E-state index contributed by atoms with van der Waals surface area (Å²) in [6.45, 7) is 3.44. The smallest absolute Gasteiger partial charge is 0.231 e. The zero-order chi connectivity index (χ0) is 18.9. The number of hydrogen-bond donors (Lipinski definition) is 2. The van der Waals surface area contributed by atoms with E-state index in [1.165, 1.54) is 24.0 Å². The summed E-state index contributed by atoms with van der Waals surface area (Å²) < 4.78 is 10.9. The van der Waals surface area contributed by atoms with Crippen molar-refractivity contribution in [2.75, 3.05) is 37.6 Å². The molecule has 1 aromatic carbocycles. The van der Waals surface area contributed by atoms with Crippen molar-refractivity contribution in [3.8, 4) is 11.5 Å². The summed E-state index contributed by atoms with van der Waals surface area (Å²) in [7, 11) is 1.87. The Hall–Kier alpha value is -2.54. The summed E-state index contributed by atoms with van der Waals surface area (Å²) in [5.41, 5.74) is 2.55. The molecule has 2 fully saturated rings. The Bertz CT molecular complexity index is 847. The molecule has 1 saturated heterocycles. The maximum absolute atomic E-state index is 5.51. The predicted molar refractivity (Wildman–Crippen MR) is 108 cm³/mol. The van der Waals surface area contributed by atoms with Crippen molar-refractivity contribution in [1.82, 2.24) is 14.9 Å². The summed E-state index contributed by atoms with van der Waals surface area (Å²) >= 11 is 0. The van der Waals surface area contributed by atoms with Crippen molar-refractivity contribution in [2.45, 2.75) is 44.2 Å². The van der Waals surface area contributed by atoms with Gasteiger partial charge in [-0.1, -0.05) is 6.07 Å². The van der Waals surface area contributed by atoms with Crippen molar-refractivity contribution < 1.29 is 9.47 Å². The summed E-state index contributed by atoms with van der Waals surface area (Å²) in [5, 5.41) is 6.65. The first-order valence-electron chi connectivity index (χ1n) is 10.2. The molecule has 2 N–H and O–H groups in total. The van der Waals surface area contributed by atoms with Gasteiger partial charge in [0.1, 0.15) is 5.82 Å². The molecule has 0 amide bonds. The third kappa shape index (κ3) is 3.71. The molecule has 0 bridgehead atoms. The number of hydrogen-bond acceptors (Lipinski definition) is 7. The van der Waals surface area contributed by atoms with Gasteiger partial charge in [-0.15, -0.1) is 0 Å². The average Bonchev–Trinajstić information content (AvgIpc) is 3.42. The number of piperidine rings is 1. The Labute approximate surface area is 165 Å². The summed E-state index contributed by atoms with van der Waals surface area (Å²) in [6, 6.07) is 6.85. The van der Waals surface area contributed by atoms with Gasteiger partial charge in [0.2, 0.25) is 12.7 Å². The molecule has 7 nitrogen and oxygen atoms in total. The van der Waals surface area contributed by atoms with Crippen LogP contribution >= 0.6 is 0 Å². The van der Waals surface area contributed by atoms with Crippen LogP contribution in [-0.4, -0.2) is 47.8 Å². The highest BCUT2D eigenvalue weighted by Crippen LogP contribution is 2.36. The molecule has 28 heavy (non-hydrogen) atoms. The lowest BCUT2D eigenvalue weighted by Gasteiger charge is -2.32. The van der Waals surface area contributed by atoms with Crippen LogP contribution in [0.5, 0.6) is 11.5 Å². The Balaban J connectivity index is 1.23. The van der Waals surface area contributed by atoms with Crippen LogP contribution < -0.4 is 20.1 Å². The minimum Gasteiger partial charge on any atom is -0.454 e. The molecule has 148 valence electrons. The highest BCUT2D eigenvalue weighted by molar-refractivity contribution is 5.50.